The molecule has 0 spiro atoms. The molecule has 1 aromatic carbocycles. The number of phenolic OH excluding ortho intramolecular Hbond substituents is 1. The van der Waals surface area contributed by atoms with Crippen LogP contribution >= 0.6 is 0 Å². The Labute approximate surface area is 166 Å². The summed E-state index contributed by atoms with van der Waals surface area (Å²) in [7, 11) is 0. The largest absolute Gasteiger partial charge is 0.508 e. The third-order valence-corrected chi connectivity index (χ3v) is 6.10. The topological polar surface area (TPSA) is 68.2 Å². The molecule has 1 aromatic rings. The van der Waals surface area contributed by atoms with Gasteiger partial charge in [0.15, 0.2) is 0 Å². The number of piperidine rings is 1. The number of likely N-dealkylation sites (tertiary alicyclic amines) is 1. The second kappa shape index (κ2) is 6.55. The Morgan fingerprint density at radius 1 is 1.32 bits per heavy atom. The molecule has 6 nitrogen and oxygen atoms in total. The number of nitrogens with zero attached hydrogens (tertiary/aromatic N) is 1. The molecule has 6 heteroatoms. The maximum absolute atomic E-state index is 12.8. The van der Waals surface area contributed by atoms with Crippen LogP contribution in [0.15, 0.2) is 18.2 Å². The Kier molecular flexibility index (Phi) is 4.53. The lowest BCUT2D eigenvalue weighted by atomic mass is 9.72. The molecule has 0 unspecified atom stereocenters. The number of rotatable bonds is 0. The molecule has 3 heterocycles. The highest BCUT2D eigenvalue weighted by Crippen LogP contribution is 2.53. The van der Waals surface area contributed by atoms with E-state index < -0.39 is 11.2 Å². The fraction of sp³-hybridized carbons (Fsp3) is 0.682. The van der Waals surface area contributed by atoms with Gasteiger partial charge >= 0.3 is 6.09 Å². The van der Waals surface area contributed by atoms with E-state index in [0.717, 1.165) is 24.8 Å². The molecule has 0 bridgehead atoms. The van der Waals surface area contributed by atoms with Crippen LogP contribution in [0.2, 0.25) is 0 Å². The number of hydrogen-bond donors (Lipinski definition) is 1. The molecule has 1 N–H and O–H groups in total. The molecule has 4 rings (SSSR count). The number of aromatic hydroxyl groups is 1. The van der Waals surface area contributed by atoms with E-state index in [0.29, 0.717) is 12.3 Å². The first-order valence-electron chi connectivity index (χ1n) is 10.2. The minimum absolute atomic E-state index is 0.00797. The van der Waals surface area contributed by atoms with Gasteiger partial charge in [0.25, 0.3) is 0 Å². The van der Waals surface area contributed by atoms with Crippen molar-refractivity contribution < 1.29 is 24.1 Å². The Hall–Kier alpha value is -1.95. The van der Waals surface area contributed by atoms with Crippen molar-refractivity contribution in [2.24, 2.45) is 5.92 Å². The van der Waals surface area contributed by atoms with Crippen LogP contribution in [0.3, 0.4) is 0 Å². The zero-order chi connectivity index (χ0) is 20.3. The number of carbonyl (C=O) groups is 1. The summed E-state index contributed by atoms with van der Waals surface area (Å²) in [5, 5.41) is 9.85. The Bertz CT molecular complexity index is 769. The highest BCUT2D eigenvalue weighted by atomic mass is 16.6. The summed E-state index contributed by atoms with van der Waals surface area (Å²) in [6, 6.07) is 5.23. The normalized spacial score (nSPS) is 31.1. The minimum atomic E-state index is -0.518. The van der Waals surface area contributed by atoms with Gasteiger partial charge in [-0.3, -0.25) is 0 Å². The number of phenols is 1. The maximum atomic E-state index is 12.8. The van der Waals surface area contributed by atoms with E-state index in [-0.39, 0.29) is 36.0 Å². The number of fused-ring (bicyclic) bond motifs is 4. The van der Waals surface area contributed by atoms with E-state index in [4.69, 9.17) is 14.2 Å². The van der Waals surface area contributed by atoms with Gasteiger partial charge in [-0.05, 0) is 66.0 Å². The van der Waals surface area contributed by atoms with Crippen LogP contribution in [0.4, 0.5) is 4.79 Å². The van der Waals surface area contributed by atoms with Crippen LogP contribution in [0, 0.1) is 5.92 Å². The fourth-order valence-corrected chi connectivity index (χ4v) is 4.82. The number of ether oxygens (including phenoxy) is 3. The maximum Gasteiger partial charge on any atom is 0.410 e. The van der Waals surface area contributed by atoms with Gasteiger partial charge in [0, 0.05) is 24.1 Å². The molecule has 3 aliphatic rings. The van der Waals surface area contributed by atoms with Gasteiger partial charge in [-0.25, -0.2) is 4.79 Å². The lowest BCUT2D eigenvalue weighted by Crippen LogP contribution is -2.60. The van der Waals surface area contributed by atoms with E-state index in [9.17, 15) is 9.90 Å². The quantitative estimate of drug-likeness (QED) is 0.712. The number of amides is 1. The third-order valence-electron chi connectivity index (χ3n) is 6.10. The average Bonchev–Trinajstić information content (AvgIpc) is 2.57. The van der Waals surface area contributed by atoms with Crippen molar-refractivity contribution in [1.29, 1.82) is 0 Å². The van der Waals surface area contributed by atoms with Crippen LogP contribution in [-0.4, -0.2) is 46.0 Å². The summed E-state index contributed by atoms with van der Waals surface area (Å²) in [5.41, 5.74) is -0.000962. The van der Waals surface area contributed by atoms with Gasteiger partial charge in [0.2, 0.25) is 0 Å². The molecule has 1 amide bonds. The molecule has 0 radical (unpaired) electrons. The molecule has 3 aliphatic heterocycles. The SMILES string of the molecule is CC(C)(C)OC(=O)N1CCC[C@@H]2O[C@@H]3c4ccc(O)cc4OC(C)(C)[C@H]3C[C@@H]21. The van der Waals surface area contributed by atoms with E-state index in [1.54, 1.807) is 12.1 Å². The molecule has 0 aromatic heterocycles. The molecule has 4 atom stereocenters. The lowest BCUT2D eigenvalue weighted by Gasteiger charge is -2.54. The van der Waals surface area contributed by atoms with Gasteiger partial charge in [-0.2, -0.15) is 0 Å². The molecule has 2 fully saturated rings. The highest BCUT2D eigenvalue weighted by Gasteiger charge is 2.53. The van der Waals surface area contributed by atoms with E-state index >= 15 is 0 Å². The van der Waals surface area contributed by atoms with Crippen molar-refractivity contribution in [3.05, 3.63) is 23.8 Å². The van der Waals surface area contributed by atoms with E-state index in [2.05, 4.69) is 13.8 Å². The van der Waals surface area contributed by atoms with Crippen molar-refractivity contribution in [3.63, 3.8) is 0 Å². The highest BCUT2D eigenvalue weighted by molar-refractivity contribution is 5.69. The predicted octanol–water partition coefficient (Wildman–Crippen LogP) is 4.41. The van der Waals surface area contributed by atoms with Crippen molar-refractivity contribution >= 4 is 6.09 Å². The van der Waals surface area contributed by atoms with E-state index in [1.165, 1.54) is 0 Å². The first-order chi connectivity index (χ1) is 13.0. The average molecular weight is 389 g/mol. The van der Waals surface area contributed by atoms with Gasteiger partial charge < -0.3 is 24.2 Å². The van der Waals surface area contributed by atoms with Crippen molar-refractivity contribution in [3.8, 4) is 11.5 Å². The third kappa shape index (κ3) is 3.43. The second-order valence-corrected chi connectivity index (χ2v) is 9.75. The van der Waals surface area contributed by atoms with Crippen molar-refractivity contribution in [2.45, 2.75) is 83.3 Å². The molecule has 0 saturated carbocycles. The van der Waals surface area contributed by atoms with Crippen LogP contribution < -0.4 is 4.74 Å². The van der Waals surface area contributed by atoms with Crippen LogP contribution in [-0.2, 0) is 9.47 Å². The standard InChI is InChI=1S/C22H31NO5/c1-21(2,3)28-20(25)23-10-6-7-17-16(23)12-15-19(26-17)14-9-8-13(24)11-18(14)27-22(15,4)5/h8-9,11,15-17,19,24H,6-7,10,12H2,1-5H3/t15-,16-,17-,19+/m0/s1. The summed E-state index contributed by atoms with van der Waals surface area (Å²) < 4.78 is 18.5. The number of carbonyl (C=O) groups excluding carboxylic acids is 1. The smallest absolute Gasteiger partial charge is 0.410 e. The number of hydrogen-bond acceptors (Lipinski definition) is 5. The summed E-state index contributed by atoms with van der Waals surface area (Å²) in [5.74, 6) is 0.980. The molecular formula is C22H31NO5. The fourth-order valence-electron chi connectivity index (χ4n) is 4.82. The molecule has 2 saturated heterocycles. The Morgan fingerprint density at radius 2 is 2.07 bits per heavy atom. The summed E-state index contributed by atoms with van der Waals surface area (Å²) in [6.07, 6.45) is 2.27. The molecule has 154 valence electrons. The zero-order valence-electron chi connectivity index (χ0n) is 17.4. The summed E-state index contributed by atoms with van der Waals surface area (Å²) in [6.45, 7) is 10.5. The zero-order valence-corrected chi connectivity index (χ0v) is 17.4. The van der Waals surface area contributed by atoms with Gasteiger partial charge in [0.05, 0.1) is 18.2 Å². The first-order valence-corrected chi connectivity index (χ1v) is 10.2. The molecule has 0 aliphatic carbocycles. The predicted molar refractivity (Wildman–Crippen MR) is 104 cm³/mol. The van der Waals surface area contributed by atoms with Gasteiger partial charge in [-0.15, -0.1) is 0 Å². The Balaban J connectivity index is 1.63. The summed E-state index contributed by atoms with van der Waals surface area (Å²) in [4.78, 5) is 14.7. The van der Waals surface area contributed by atoms with Crippen molar-refractivity contribution in [2.75, 3.05) is 6.54 Å². The van der Waals surface area contributed by atoms with Gasteiger partial charge in [-0.1, -0.05) is 0 Å². The summed E-state index contributed by atoms with van der Waals surface area (Å²) >= 11 is 0. The first kappa shape index (κ1) is 19.4. The van der Waals surface area contributed by atoms with Crippen LogP contribution in [0.25, 0.3) is 0 Å². The Morgan fingerprint density at radius 3 is 2.79 bits per heavy atom. The lowest BCUT2D eigenvalue weighted by molar-refractivity contribution is -0.186. The van der Waals surface area contributed by atoms with E-state index in [1.807, 2.05) is 31.7 Å². The van der Waals surface area contributed by atoms with Crippen molar-refractivity contribution in [1.82, 2.24) is 4.90 Å². The van der Waals surface area contributed by atoms with Crippen LogP contribution in [0.5, 0.6) is 11.5 Å². The number of benzene rings is 1. The molecule has 28 heavy (non-hydrogen) atoms. The van der Waals surface area contributed by atoms with Crippen LogP contribution in [0.1, 0.15) is 65.5 Å². The monoisotopic (exact) mass is 389 g/mol. The minimum Gasteiger partial charge on any atom is -0.508 e. The molecular weight excluding hydrogens is 358 g/mol. The van der Waals surface area contributed by atoms with Gasteiger partial charge in [0.1, 0.15) is 22.7 Å². The second-order valence-electron chi connectivity index (χ2n) is 9.75.